The summed E-state index contributed by atoms with van der Waals surface area (Å²) in [7, 11) is -2.35. The quantitative estimate of drug-likeness (QED) is 0.153. The summed E-state index contributed by atoms with van der Waals surface area (Å²) in [6, 6.07) is 19.2. The molecule has 0 N–H and O–H groups in total. The van der Waals surface area contributed by atoms with Crippen LogP contribution in [0.3, 0.4) is 0 Å². The predicted molar refractivity (Wildman–Crippen MR) is 169 cm³/mol. The van der Waals surface area contributed by atoms with Gasteiger partial charge in [0.15, 0.2) is 14.4 Å². The molecular weight excluding hydrogens is 546 g/mol. The number of carbonyl (C=O) groups is 2. The van der Waals surface area contributed by atoms with Crippen LogP contribution < -0.4 is 0 Å². The lowest BCUT2D eigenvalue weighted by atomic mass is 10.0. The second-order valence-corrected chi connectivity index (χ2v) is 17.0. The van der Waals surface area contributed by atoms with Gasteiger partial charge < -0.3 is 18.6 Å². The van der Waals surface area contributed by atoms with Crippen molar-refractivity contribution in [2.45, 2.75) is 89.1 Å². The number of ether oxygens (including phenoxy) is 3. The van der Waals surface area contributed by atoms with Crippen LogP contribution in [-0.4, -0.2) is 62.8 Å². The van der Waals surface area contributed by atoms with Gasteiger partial charge in [0.1, 0.15) is 6.61 Å². The monoisotopic (exact) mass is 593 g/mol. The molecule has 3 rings (SSSR count). The highest BCUT2D eigenvalue weighted by atomic mass is 28.4. The number of nitrogens with zero attached hydrogens (tertiary/aromatic N) is 1. The summed E-state index contributed by atoms with van der Waals surface area (Å²) < 4.78 is 24.8. The number of rotatable bonds is 16. The minimum absolute atomic E-state index is 0.109. The maximum Gasteiger partial charge on any atom is 0.417 e. The van der Waals surface area contributed by atoms with Crippen molar-refractivity contribution in [3.8, 4) is 0 Å². The Morgan fingerprint density at radius 3 is 2.19 bits per heavy atom. The Kier molecular flexibility index (Phi) is 12.3. The van der Waals surface area contributed by atoms with E-state index in [9.17, 15) is 9.59 Å². The molecule has 0 saturated carbocycles. The lowest BCUT2D eigenvalue weighted by Crippen LogP contribution is -2.55. The summed E-state index contributed by atoms with van der Waals surface area (Å²) in [6.07, 6.45) is 1.92. The first-order valence-electron chi connectivity index (χ1n) is 14.7. The van der Waals surface area contributed by atoms with Gasteiger partial charge in [-0.1, -0.05) is 93.6 Å². The van der Waals surface area contributed by atoms with Crippen LogP contribution in [-0.2, 0) is 36.5 Å². The van der Waals surface area contributed by atoms with Gasteiger partial charge in [-0.15, -0.1) is 13.2 Å². The van der Waals surface area contributed by atoms with Gasteiger partial charge >= 0.3 is 6.09 Å². The summed E-state index contributed by atoms with van der Waals surface area (Å²) in [5, 5.41) is -0.109. The first kappa shape index (κ1) is 33.5. The van der Waals surface area contributed by atoms with Crippen LogP contribution >= 0.6 is 0 Å². The summed E-state index contributed by atoms with van der Waals surface area (Å²) >= 11 is 0. The van der Waals surface area contributed by atoms with Gasteiger partial charge in [0.25, 0.3) is 5.91 Å². The molecule has 1 aliphatic rings. The van der Waals surface area contributed by atoms with Crippen molar-refractivity contribution < 1.29 is 28.2 Å². The van der Waals surface area contributed by atoms with Crippen LogP contribution in [0.15, 0.2) is 86.0 Å². The number of hydrogen-bond donors (Lipinski definition) is 0. The van der Waals surface area contributed by atoms with E-state index in [-0.39, 0.29) is 18.3 Å². The summed E-state index contributed by atoms with van der Waals surface area (Å²) in [6.45, 7) is 19.3. The Labute approximate surface area is 252 Å². The second kappa shape index (κ2) is 15.4. The molecule has 1 heterocycles. The molecule has 4 atom stereocenters. The van der Waals surface area contributed by atoms with E-state index < -0.39 is 44.7 Å². The fourth-order valence-electron chi connectivity index (χ4n) is 4.60. The van der Waals surface area contributed by atoms with Crippen molar-refractivity contribution in [2.75, 3.05) is 13.2 Å². The van der Waals surface area contributed by atoms with Gasteiger partial charge in [-0.05, 0) is 48.5 Å². The van der Waals surface area contributed by atoms with E-state index in [0.717, 1.165) is 11.1 Å². The number of benzene rings is 2. The molecule has 1 fully saturated rings. The lowest BCUT2D eigenvalue weighted by molar-refractivity contribution is -0.158. The average Bonchev–Trinajstić information content (AvgIpc) is 3.31. The molecule has 2 aromatic carbocycles. The Hall–Kier alpha value is -3.04. The lowest BCUT2D eigenvalue weighted by Gasteiger charge is -2.42. The number of cyclic esters (lactones) is 1. The van der Waals surface area contributed by atoms with Gasteiger partial charge in [0.05, 0.1) is 31.5 Å². The highest BCUT2D eigenvalue weighted by Gasteiger charge is 2.47. The third-order valence-electron chi connectivity index (χ3n) is 7.93. The molecule has 0 radical (unpaired) electrons. The highest BCUT2D eigenvalue weighted by molar-refractivity contribution is 6.74. The molecule has 0 aliphatic carbocycles. The van der Waals surface area contributed by atoms with Crippen LogP contribution in [0.5, 0.6) is 0 Å². The van der Waals surface area contributed by atoms with E-state index in [0.29, 0.717) is 25.9 Å². The number of carbonyl (C=O) groups excluding carboxylic acids is 2. The fraction of sp³-hybridized carbons (Fsp3) is 0.471. The normalized spacial score (nSPS) is 17.8. The summed E-state index contributed by atoms with van der Waals surface area (Å²) in [4.78, 5) is 28.6. The highest BCUT2D eigenvalue weighted by Crippen LogP contribution is 2.38. The van der Waals surface area contributed by atoms with Crippen LogP contribution in [0.1, 0.15) is 44.7 Å². The molecule has 1 saturated heterocycles. The van der Waals surface area contributed by atoms with Gasteiger partial charge in [0, 0.05) is 0 Å². The van der Waals surface area contributed by atoms with Gasteiger partial charge in [-0.3, -0.25) is 4.79 Å². The molecule has 7 nitrogen and oxygen atoms in total. The topological polar surface area (TPSA) is 74.3 Å². The third kappa shape index (κ3) is 9.23. The van der Waals surface area contributed by atoms with Crippen molar-refractivity contribution in [3.63, 3.8) is 0 Å². The van der Waals surface area contributed by atoms with E-state index in [1.165, 1.54) is 4.90 Å². The largest absolute Gasteiger partial charge is 0.447 e. The Morgan fingerprint density at radius 2 is 1.62 bits per heavy atom. The first-order chi connectivity index (χ1) is 20.0. The Balaban J connectivity index is 1.91. The molecule has 2 aromatic rings. The average molecular weight is 594 g/mol. The second-order valence-electron chi connectivity index (χ2n) is 12.3. The number of hydrogen-bond acceptors (Lipinski definition) is 6. The Morgan fingerprint density at radius 1 is 1.02 bits per heavy atom. The zero-order valence-electron chi connectivity index (χ0n) is 25.8. The maximum atomic E-state index is 14.4. The van der Waals surface area contributed by atoms with Crippen molar-refractivity contribution >= 4 is 20.3 Å². The van der Waals surface area contributed by atoms with E-state index in [1.807, 2.05) is 60.7 Å². The molecule has 0 bridgehead atoms. The van der Waals surface area contributed by atoms with Crippen molar-refractivity contribution in [2.24, 2.45) is 0 Å². The minimum atomic E-state index is -2.35. The molecule has 0 aromatic heterocycles. The molecular formula is C34H47NO6Si. The van der Waals surface area contributed by atoms with Gasteiger partial charge in [0.2, 0.25) is 0 Å². The zero-order chi connectivity index (χ0) is 30.8. The molecule has 228 valence electrons. The van der Waals surface area contributed by atoms with Crippen LogP contribution in [0.2, 0.25) is 18.1 Å². The number of imide groups is 1. The molecule has 0 spiro atoms. The van der Waals surface area contributed by atoms with Gasteiger partial charge in [-0.2, -0.15) is 0 Å². The van der Waals surface area contributed by atoms with Crippen molar-refractivity contribution in [3.05, 3.63) is 97.1 Å². The fourth-order valence-corrected chi connectivity index (χ4v) is 5.93. The van der Waals surface area contributed by atoms with Crippen LogP contribution in [0, 0.1) is 0 Å². The molecule has 1 aliphatic heterocycles. The Bertz CT molecular complexity index is 1160. The van der Waals surface area contributed by atoms with Crippen molar-refractivity contribution in [1.29, 1.82) is 0 Å². The van der Waals surface area contributed by atoms with E-state index in [4.69, 9.17) is 18.6 Å². The first-order valence-corrected chi connectivity index (χ1v) is 17.6. The molecule has 0 unspecified atom stereocenters. The van der Waals surface area contributed by atoms with Crippen LogP contribution in [0.4, 0.5) is 4.79 Å². The maximum absolute atomic E-state index is 14.4. The summed E-state index contributed by atoms with van der Waals surface area (Å²) in [5.74, 6) is -0.471. The predicted octanol–water partition coefficient (Wildman–Crippen LogP) is 7.09. The minimum Gasteiger partial charge on any atom is -0.447 e. The summed E-state index contributed by atoms with van der Waals surface area (Å²) in [5.41, 5.74) is 2.05. The molecule has 2 amide bonds. The third-order valence-corrected chi connectivity index (χ3v) is 12.4. The number of amides is 2. The standard InChI is InChI=1S/C34H47NO6Si/c1-8-16-29(25-38-23-27-20-14-11-15-21-27)40-31(30(17-9-2)41-42(6,7)34(3,4)5)32(36)35-28(24-39-33(35)37)22-26-18-12-10-13-19-26/h8-15,18-21,28-31H,1-2,16-17,22-25H2,3-7H3/t28-,29-,30+,31-/m1/s1. The molecule has 42 heavy (non-hydrogen) atoms. The zero-order valence-corrected chi connectivity index (χ0v) is 26.8. The van der Waals surface area contributed by atoms with Crippen LogP contribution in [0.25, 0.3) is 0 Å². The smallest absolute Gasteiger partial charge is 0.417 e. The van der Waals surface area contributed by atoms with E-state index in [1.54, 1.807) is 12.2 Å². The van der Waals surface area contributed by atoms with Gasteiger partial charge in [-0.25, -0.2) is 9.69 Å². The van der Waals surface area contributed by atoms with E-state index in [2.05, 4.69) is 47.0 Å². The van der Waals surface area contributed by atoms with Crippen molar-refractivity contribution in [1.82, 2.24) is 4.90 Å². The van der Waals surface area contributed by atoms with E-state index >= 15 is 0 Å². The molecule has 8 heteroatoms. The SMILES string of the molecule is C=CC[C@H](COCc1ccccc1)O[C@@H](C(=O)N1C(=O)OC[C@H]1Cc1ccccc1)[C@H](CC=C)O[Si](C)(C)C(C)(C)C.